The molecule has 2 aromatic carbocycles. The lowest BCUT2D eigenvalue weighted by Gasteiger charge is -2.17. The molecular weight excluding hydrogens is 346 g/mol. The van der Waals surface area contributed by atoms with Crippen LogP contribution in [0.15, 0.2) is 46.9 Å². The first-order valence-corrected chi connectivity index (χ1v) is 8.57. The van der Waals surface area contributed by atoms with E-state index in [1.807, 2.05) is 12.1 Å². The maximum atomic E-state index is 6.30. The molecule has 3 heteroatoms. The molecule has 0 bridgehead atoms. The average molecular weight is 367 g/mol. The van der Waals surface area contributed by atoms with Gasteiger partial charge in [-0.25, -0.2) is 0 Å². The Balaban J connectivity index is 2.03. The highest BCUT2D eigenvalue weighted by Gasteiger charge is 2.09. The molecule has 1 nitrogen and oxygen atoms in total. The van der Waals surface area contributed by atoms with Crippen molar-refractivity contribution in [3.8, 4) is 0 Å². The lowest BCUT2D eigenvalue weighted by atomic mass is 10.1. The van der Waals surface area contributed by atoms with E-state index in [1.54, 1.807) is 0 Å². The number of hydrogen-bond donors (Lipinski definition) is 1. The van der Waals surface area contributed by atoms with Crippen LogP contribution in [0.25, 0.3) is 0 Å². The van der Waals surface area contributed by atoms with E-state index >= 15 is 0 Å². The molecule has 1 atom stereocenters. The highest BCUT2D eigenvalue weighted by Crippen LogP contribution is 2.28. The number of halogens is 2. The summed E-state index contributed by atoms with van der Waals surface area (Å²) in [5.74, 6) is 0. The van der Waals surface area contributed by atoms with Crippen LogP contribution < -0.4 is 5.32 Å². The minimum absolute atomic E-state index is 0.173. The Morgan fingerprint density at radius 1 is 1.14 bits per heavy atom. The Labute approximate surface area is 140 Å². The molecule has 0 amide bonds. The van der Waals surface area contributed by atoms with Crippen LogP contribution in [0.5, 0.6) is 0 Å². The average Bonchev–Trinajstić information content (AvgIpc) is 2.46. The van der Waals surface area contributed by atoms with E-state index in [4.69, 9.17) is 11.6 Å². The molecule has 0 aliphatic carbocycles. The topological polar surface area (TPSA) is 12.0 Å². The Morgan fingerprint density at radius 3 is 2.48 bits per heavy atom. The van der Waals surface area contributed by atoms with Crippen LogP contribution in [0.4, 0.5) is 5.69 Å². The second kappa shape index (κ2) is 7.86. The van der Waals surface area contributed by atoms with E-state index in [-0.39, 0.29) is 6.04 Å². The van der Waals surface area contributed by atoms with Gasteiger partial charge >= 0.3 is 0 Å². The van der Waals surface area contributed by atoms with Gasteiger partial charge < -0.3 is 5.32 Å². The Bertz CT molecular complexity index is 580. The van der Waals surface area contributed by atoms with E-state index in [1.165, 1.54) is 18.4 Å². The van der Waals surface area contributed by atoms with Gasteiger partial charge in [0.2, 0.25) is 0 Å². The fraction of sp³-hybridized carbons (Fsp3) is 0.333. The van der Waals surface area contributed by atoms with Crippen molar-refractivity contribution >= 4 is 33.2 Å². The molecule has 0 aliphatic rings. The molecule has 2 rings (SSSR count). The summed E-state index contributed by atoms with van der Waals surface area (Å²) >= 11 is 9.74. The van der Waals surface area contributed by atoms with Crippen LogP contribution in [-0.2, 0) is 6.42 Å². The van der Waals surface area contributed by atoms with Gasteiger partial charge in [0.15, 0.2) is 0 Å². The largest absolute Gasteiger partial charge is 0.378 e. The summed E-state index contributed by atoms with van der Waals surface area (Å²) in [4.78, 5) is 0. The van der Waals surface area contributed by atoms with Crippen molar-refractivity contribution in [3.05, 3.63) is 63.1 Å². The summed E-state index contributed by atoms with van der Waals surface area (Å²) in [6, 6.07) is 14.9. The molecule has 21 heavy (non-hydrogen) atoms. The molecule has 0 aromatic heterocycles. The molecule has 0 fully saturated rings. The lowest BCUT2D eigenvalue weighted by Crippen LogP contribution is -2.07. The number of rotatable bonds is 6. The van der Waals surface area contributed by atoms with Crippen LogP contribution in [0.3, 0.4) is 0 Å². The van der Waals surface area contributed by atoms with Crippen LogP contribution in [0, 0.1) is 0 Å². The van der Waals surface area contributed by atoms with Crippen molar-refractivity contribution in [3.63, 3.8) is 0 Å². The summed E-state index contributed by atoms with van der Waals surface area (Å²) in [6.45, 7) is 4.35. The van der Waals surface area contributed by atoms with Crippen molar-refractivity contribution < 1.29 is 0 Å². The molecule has 2 aromatic rings. The van der Waals surface area contributed by atoms with Crippen molar-refractivity contribution in [1.29, 1.82) is 0 Å². The summed E-state index contributed by atoms with van der Waals surface area (Å²) < 4.78 is 1.00. The fourth-order valence-electron chi connectivity index (χ4n) is 2.33. The zero-order valence-electron chi connectivity index (χ0n) is 12.5. The second-order valence-corrected chi connectivity index (χ2v) is 6.66. The van der Waals surface area contributed by atoms with Crippen LogP contribution in [-0.4, -0.2) is 0 Å². The van der Waals surface area contributed by atoms with Gasteiger partial charge in [0.1, 0.15) is 0 Å². The molecular formula is C18H21BrClN. The number of benzene rings is 2. The van der Waals surface area contributed by atoms with E-state index < -0.39 is 0 Å². The summed E-state index contributed by atoms with van der Waals surface area (Å²) in [5.41, 5.74) is 3.63. The maximum Gasteiger partial charge on any atom is 0.0500 e. The lowest BCUT2D eigenvalue weighted by molar-refractivity contribution is 0.795. The number of unbranched alkanes of at least 4 members (excludes halogenated alkanes) is 1. The number of anilines is 1. The predicted octanol–water partition coefficient (Wildman–Crippen LogP) is 6.62. The van der Waals surface area contributed by atoms with Gasteiger partial charge in [-0.3, -0.25) is 0 Å². The zero-order valence-corrected chi connectivity index (χ0v) is 14.8. The summed E-state index contributed by atoms with van der Waals surface area (Å²) in [7, 11) is 0. The first kappa shape index (κ1) is 16.4. The van der Waals surface area contributed by atoms with Gasteiger partial charge in [-0.15, -0.1) is 0 Å². The van der Waals surface area contributed by atoms with Gasteiger partial charge in [-0.2, -0.15) is 0 Å². The fourth-order valence-corrected chi connectivity index (χ4v) is 3.17. The standard InChI is InChI=1S/C18H21BrClN/c1-3-4-5-14-6-9-16(10-7-14)21-13(2)17-11-8-15(19)12-18(17)20/h6-13,21H,3-5H2,1-2H3. The van der Waals surface area contributed by atoms with Gasteiger partial charge in [0.25, 0.3) is 0 Å². The number of hydrogen-bond acceptors (Lipinski definition) is 1. The zero-order chi connectivity index (χ0) is 15.2. The molecule has 1 unspecified atom stereocenters. The SMILES string of the molecule is CCCCc1ccc(NC(C)c2ccc(Br)cc2Cl)cc1. The first-order valence-electron chi connectivity index (χ1n) is 7.40. The van der Waals surface area contributed by atoms with Gasteiger partial charge in [0.05, 0.1) is 0 Å². The highest BCUT2D eigenvalue weighted by atomic mass is 79.9. The highest BCUT2D eigenvalue weighted by molar-refractivity contribution is 9.10. The maximum absolute atomic E-state index is 6.30. The minimum atomic E-state index is 0.173. The van der Waals surface area contributed by atoms with Crippen LogP contribution >= 0.6 is 27.5 Å². The molecule has 0 saturated heterocycles. The van der Waals surface area contributed by atoms with E-state index in [2.05, 4.69) is 65.4 Å². The molecule has 0 spiro atoms. The molecule has 0 radical (unpaired) electrons. The third kappa shape index (κ3) is 4.76. The third-order valence-corrected chi connectivity index (χ3v) is 4.41. The van der Waals surface area contributed by atoms with E-state index in [0.717, 1.165) is 27.2 Å². The Kier molecular flexibility index (Phi) is 6.13. The van der Waals surface area contributed by atoms with Crippen LogP contribution in [0.1, 0.15) is 43.9 Å². The van der Waals surface area contributed by atoms with Crippen LogP contribution in [0.2, 0.25) is 5.02 Å². The second-order valence-electron chi connectivity index (χ2n) is 5.33. The van der Waals surface area contributed by atoms with Gasteiger partial charge in [-0.1, -0.05) is 59.1 Å². The quantitative estimate of drug-likeness (QED) is 0.606. The molecule has 0 aliphatic heterocycles. The van der Waals surface area contributed by atoms with E-state index in [0.29, 0.717) is 0 Å². The normalized spacial score (nSPS) is 12.2. The number of aryl methyl sites for hydroxylation is 1. The first-order chi connectivity index (χ1) is 10.1. The number of nitrogens with one attached hydrogen (secondary N) is 1. The minimum Gasteiger partial charge on any atom is -0.378 e. The van der Waals surface area contributed by atoms with E-state index in [9.17, 15) is 0 Å². The van der Waals surface area contributed by atoms with Crippen molar-refractivity contribution in [2.45, 2.75) is 39.2 Å². The molecule has 112 valence electrons. The van der Waals surface area contributed by atoms with Gasteiger partial charge in [-0.05, 0) is 55.2 Å². The smallest absolute Gasteiger partial charge is 0.0500 e. The Hall–Kier alpha value is -0.990. The van der Waals surface area contributed by atoms with Gasteiger partial charge in [0, 0.05) is 21.2 Å². The van der Waals surface area contributed by atoms with Crippen molar-refractivity contribution in [2.24, 2.45) is 0 Å². The summed E-state index contributed by atoms with van der Waals surface area (Å²) in [6.07, 6.45) is 3.64. The Morgan fingerprint density at radius 2 is 1.86 bits per heavy atom. The molecule has 0 saturated carbocycles. The van der Waals surface area contributed by atoms with Crippen molar-refractivity contribution in [2.75, 3.05) is 5.32 Å². The molecule has 0 heterocycles. The van der Waals surface area contributed by atoms with Crippen molar-refractivity contribution in [1.82, 2.24) is 0 Å². The summed E-state index contributed by atoms with van der Waals surface area (Å²) in [5, 5.41) is 4.28. The predicted molar refractivity (Wildman–Crippen MR) is 96.2 cm³/mol. The monoisotopic (exact) mass is 365 g/mol. The molecule has 1 N–H and O–H groups in total. The third-order valence-electron chi connectivity index (χ3n) is 3.59.